The Morgan fingerprint density at radius 2 is 0.921 bits per heavy atom. The highest BCUT2D eigenvalue weighted by Crippen LogP contribution is 2.47. The predicted octanol–water partition coefficient (Wildman–Crippen LogP) is 14.7. The molecule has 2 aliphatic heterocycles. The lowest BCUT2D eigenvalue weighted by Crippen LogP contribution is -2.55. The summed E-state index contributed by atoms with van der Waals surface area (Å²) in [7, 11) is 0. The number of fused-ring (bicyclic) bond motifs is 10. The molecule has 0 atom stereocenters. The van der Waals surface area contributed by atoms with Gasteiger partial charge in [0, 0.05) is 43.8 Å². The van der Waals surface area contributed by atoms with E-state index >= 15 is 0 Å². The first-order chi connectivity index (χ1) is 30.1. The second-order valence-electron chi connectivity index (χ2n) is 21.0. The van der Waals surface area contributed by atoms with Gasteiger partial charge in [0.15, 0.2) is 0 Å². The molecule has 12 rings (SSSR count). The van der Waals surface area contributed by atoms with Gasteiger partial charge in [0.2, 0.25) is 0 Å². The van der Waals surface area contributed by atoms with E-state index in [9.17, 15) is 0 Å². The number of aromatic nitrogens is 2. The summed E-state index contributed by atoms with van der Waals surface area (Å²) in [5, 5.41) is 5.27. The maximum Gasteiger partial charge on any atom is 0.333 e. The monoisotopic (exact) mass is 812 g/mol. The molecule has 2 aromatic heterocycles. The standard InChI is InChI=1S/C60H53BN2/c1-34-11-15-38(16-12-34)40-19-21-53-46(26-40)49-28-42(39-17-13-35(2)14-18-39)29-52-58(49)62(53)55-30-43(41-24-36(3)23-37(4)25-41)27-48-51-33-45(60(8,9)10)32-50-47-31-44(59(5,6)7)20-22-54(47)63(57(50)51)61(52)56(48)55/h11-33H,1-10H3. The fourth-order valence-corrected chi connectivity index (χ4v) is 11.1. The number of benzene rings is 8. The first-order valence-corrected chi connectivity index (χ1v) is 22.8. The van der Waals surface area contributed by atoms with Crippen molar-refractivity contribution in [2.24, 2.45) is 0 Å². The summed E-state index contributed by atoms with van der Waals surface area (Å²) in [6, 6.07) is 54.8. The molecule has 0 spiro atoms. The average Bonchev–Trinajstić information content (AvgIpc) is 3.75. The van der Waals surface area contributed by atoms with Crippen molar-refractivity contribution in [3.05, 3.63) is 173 Å². The zero-order valence-corrected chi connectivity index (χ0v) is 38.3. The van der Waals surface area contributed by atoms with Crippen molar-refractivity contribution >= 4 is 61.4 Å². The van der Waals surface area contributed by atoms with Crippen molar-refractivity contribution in [1.29, 1.82) is 0 Å². The number of hydrogen-bond donors (Lipinski definition) is 0. The maximum absolute atomic E-state index is 2.74. The molecular formula is C60H53BN2. The van der Waals surface area contributed by atoms with Crippen molar-refractivity contribution < 1.29 is 0 Å². The third-order valence-corrected chi connectivity index (χ3v) is 14.4. The molecule has 3 heteroatoms. The molecule has 0 unspecified atom stereocenters. The molecular weight excluding hydrogens is 759 g/mol. The molecule has 63 heavy (non-hydrogen) atoms. The van der Waals surface area contributed by atoms with E-state index in [4.69, 9.17) is 0 Å². The molecule has 10 aromatic rings. The minimum absolute atomic E-state index is 0.0159. The Morgan fingerprint density at radius 3 is 1.59 bits per heavy atom. The summed E-state index contributed by atoms with van der Waals surface area (Å²) >= 11 is 0. The predicted molar refractivity (Wildman–Crippen MR) is 272 cm³/mol. The van der Waals surface area contributed by atoms with E-state index in [0.717, 1.165) is 0 Å². The van der Waals surface area contributed by atoms with Crippen LogP contribution in [-0.4, -0.2) is 15.9 Å². The quantitative estimate of drug-likeness (QED) is 0.157. The summed E-state index contributed by atoms with van der Waals surface area (Å²) in [6.07, 6.45) is 0. The van der Waals surface area contributed by atoms with E-state index in [1.165, 1.54) is 138 Å². The van der Waals surface area contributed by atoms with Crippen molar-refractivity contribution in [2.75, 3.05) is 0 Å². The molecule has 0 fully saturated rings. The molecule has 0 amide bonds. The van der Waals surface area contributed by atoms with Crippen LogP contribution in [-0.2, 0) is 10.8 Å². The highest BCUT2D eigenvalue weighted by Gasteiger charge is 2.42. The zero-order valence-electron chi connectivity index (χ0n) is 38.3. The average molecular weight is 813 g/mol. The van der Waals surface area contributed by atoms with E-state index in [1.807, 2.05) is 0 Å². The van der Waals surface area contributed by atoms with Crippen molar-refractivity contribution in [2.45, 2.75) is 80.1 Å². The van der Waals surface area contributed by atoms with Gasteiger partial charge in [0.25, 0.3) is 0 Å². The first-order valence-electron chi connectivity index (χ1n) is 22.8. The van der Waals surface area contributed by atoms with Crippen LogP contribution in [0.5, 0.6) is 0 Å². The van der Waals surface area contributed by atoms with Crippen molar-refractivity contribution in [3.63, 3.8) is 0 Å². The fourth-order valence-electron chi connectivity index (χ4n) is 11.1. The Balaban J connectivity index is 1.29. The summed E-state index contributed by atoms with van der Waals surface area (Å²) in [5.41, 5.74) is 27.2. The molecule has 0 aliphatic carbocycles. The number of hydrogen-bond acceptors (Lipinski definition) is 0. The van der Waals surface area contributed by atoms with Gasteiger partial charge in [-0.1, -0.05) is 149 Å². The third kappa shape index (κ3) is 5.64. The highest BCUT2D eigenvalue weighted by molar-refractivity contribution is 6.90. The molecule has 8 aromatic carbocycles. The lowest BCUT2D eigenvalue weighted by molar-refractivity contribution is 0.590. The second kappa shape index (κ2) is 13.0. The molecule has 2 nitrogen and oxygen atoms in total. The summed E-state index contributed by atoms with van der Waals surface area (Å²) in [4.78, 5) is 0. The van der Waals surface area contributed by atoms with Crippen LogP contribution < -0.4 is 10.9 Å². The highest BCUT2D eigenvalue weighted by atomic mass is 15.0. The summed E-state index contributed by atoms with van der Waals surface area (Å²) < 4.78 is 5.38. The number of nitrogens with zero attached hydrogens (tertiary/aromatic N) is 2. The minimum atomic E-state index is -0.0452. The van der Waals surface area contributed by atoms with E-state index in [-0.39, 0.29) is 17.7 Å². The Labute approximate surface area is 371 Å². The molecule has 0 saturated heterocycles. The molecule has 0 bridgehead atoms. The van der Waals surface area contributed by atoms with E-state index in [0.29, 0.717) is 0 Å². The van der Waals surface area contributed by atoms with Gasteiger partial charge in [-0.25, -0.2) is 0 Å². The van der Waals surface area contributed by atoms with Gasteiger partial charge in [-0.2, -0.15) is 0 Å². The van der Waals surface area contributed by atoms with Crippen molar-refractivity contribution in [3.8, 4) is 50.2 Å². The lowest BCUT2D eigenvalue weighted by Gasteiger charge is -2.35. The zero-order chi connectivity index (χ0) is 43.4. The summed E-state index contributed by atoms with van der Waals surface area (Å²) in [5.74, 6) is 0. The molecule has 0 saturated carbocycles. The van der Waals surface area contributed by atoms with Crippen LogP contribution in [0.3, 0.4) is 0 Å². The van der Waals surface area contributed by atoms with E-state index in [1.54, 1.807) is 0 Å². The molecule has 4 heterocycles. The largest absolute Gasteiger partial charge is 0.375 e. The lowest BCUT2D eigenvalue weighted by atomic mass is 9.45. The Morgan fingerprint density at radius 1 is 0.381 bits per heavy atom. The fraction of sp³-hybridized carbons (Fsp3) is 0.200. The van der Waals surface area contributed by atoms with Gasteiger partial charge < -0.3 is 9.05 Å². The van der Waals surface area contributed by atoms with Crippen LogP contribution in [0.25, 0.3) is 93.8 Å². The van der Waals surface area contributed by atoms with Crippen LogP contribution in [0, 0.1) is 27.7 Å². The maximum atomic E-state index is 2.74. The molecule has 306 valence electrons. The topological polar surface area (TPSA) is 9.86 Å². The van der Waals surface area contributed by atoms with E-state index < -0.39 is 0 Å². The van der Waals surface area contributed by atoms with Crippen molar-refractivity contribution in [1.82, 2.24) is 9.05 Å². The SMILES string of the molecule is Cc1ccc(-c2ccc3c(c2)c2cc(-c4ccc(C)cc4)cc4c2n3-c2cc(-c3cc(C)cc(C)c3)cc3c2B4n2c4ccc(C(C)(C)C)cc4c4cc(C(C)(C)C)cc-3c42)cc1. The molecule has 0 N–H and O–H groups in total. The van der Waals surface area contributed by atoms with Gasteiger partial charge in [-0.3, -0.25) is 0 Å². The number of aryl methyl sites for hydroxylation is 4. The normalized spacial score (nSPS) is 13.2. The molecule has 2 aliphatic rings. The Bertz CT molecular complexity index is 3580. The molecule has 0 radical (unpaired) electrons. The Kier molecular flexibility index (Phi) is 7.86. The smallest absolute Gasteiger partial charge is 0.333 e. The Hall–Kier alpha value is -6.58. The van der Waals surface area contributed by atoms with E-state index in [2.05, 4.69) is 218 Å². The van der Waals surface area contributed by atoms with Gasteiger partial charge in [0.05, 0.1) is 11.0 Å². The minimum Gasteiger partial charge on any atom is -0.375 e. The van der Waals surface area contributed by atoms with Crippen LogP contribution in [0.1, 0.15) is 74.9 Å². The van der Waals surface area contributed by atoms with Crippen LogP contribution in [0.2, 0.25) is 0 Å². The van der Waals surface area contributed by atoms with Gasteiger partial charge in [-0.05, 0) is 154 Å². The second-order valence-corrected chi connectivity index (χ2v) is 21.0. The van der Waals surface area contributed by atoms with Crippen LogP contribution >= 0.6 is 0 Å². The van der Waals surface area contributed by atoms with Crippen LogP contribution in [0.15, 0.2) is 140 Å². The summed E-state index contributed by atoms with van der Waals surface area (Å²) in [6.45, 7) is 22.9. The van der Waals surface area contributed by atoms with Gasteiger partial charge in [0.1, 0.15) is 0 Å². The van der Waals surface area contributed by atoms with Gasteiger partial charge in [-0.15, -0.1) is 0 Å². The van der Waals surface area contributed by atoms with Gasteiger partial charge >= 0.3 is 6.85 Å². The van der Waals surface area contributed by atoms with Crippen LogP contribution in [0.4, 0.5) is 0 Å². The third-order valence-electron chi connectivity index (χ3n) is 14.4. The number of rotatable bonds is 3. The first kappa shape index (κ1) is 38.1.